The van der Waals surface area contributed by atoms with Crippen molar-refractivity contribution in [2.24, 2.45) is 5.92 Å². The molecule has 0 aliphatic carbocycles. The normalized spacial score (nSPS) is 18.5. The molecule has 0 aromatic rings. The van der Waals surface area contributed by atoms with E-state index in [0.717, 1.165) is 32.0 Å². The Bertz CT molecular complexity index is 210. The number of likely N-dealkylation sites (tertiary alicyclic amines) is 1. The first kappa shape index (κ1) is 14.7. The highest BCUT2D eigenvalue weighted by Gasteiger charge is 2.18. The van der Waals surface area contributed by atoms with Crippen LogP contribution in [0.25, 0.3) is 0 Å². The van der Waals surface area contributed by atoms with Gasteiger partial charge in [-0.05, 0) is 51.7 Å². The van der Waals surface area contributed by atoms with Crippen molar-refractivity contribution < 1.29 is 4.74 Å². The van der Waals surface area contributed by atoms with Gasteiger partial charge in [0.25, 0.3) is 0 Å². The Balaban J connectivity index is 2.03. The number of rotatable bonds is 8. The maximum atomic E-state index is 5.02. The van der Waals surface area contributed by atoms with Gasteiger partial charge in [0.2, 0.25) is 0 Å². The molecule has 1 rings (SSSR count). The maximum Gasteiger partial charge on any atom is 0.0587 e. The van der Waals surface area contributed by atoms with E-state index in [-0.39, 0.29) is 0 Å². The van der Waals surface area contributed by atoms with Gasteiger partial charge in [0.1, 0.15) is 0 Å². The molecule has 1 fully saturated rings. The van der Waals surface area contributed by atoms with Crippen LogP contribution in [-0.4, -0.2) is 51.3 Å². The van der Waals surface area contributed by atoms with Gasteiger partial charge in [-0.15, -0.1) is 6.58 Å². The van der Waals surface area contributed by atoms with Crippen molar-refractivity contribution in [1.29, 1.82) is 0 Å². The second-order valence-corrected chi connectivity index (χ2v) is 5.19. The molecule has 0 aromatic heterocycles. The van der Waals surface area contributed by atoms with Crippen molar-refractivity contribution in [2.45, 2.75) is 26.2 Å². The average Bonchev–Trinajstić information content (AvgIpc) is 2.33. The van der Waals surface area contributed by atoms with Gasteiger partial charge >= 0.3 is 0 Å². The van der Waals surface area contributed by atoms with Crippen LogP contribution in [0.15, 0.2) is 12.2 Å². The zero-order chi connectivity index (χ0) is 12.5. The molecule has 3 heteroatoms. The second kappa shape index (κ2) is 8.67. The van der Waals surface area contributed by atoms with E-state index in [4.69, 9.17) is 4.74 Å². The van der Waals surface area contributed by atoms with Crippen LogP contribution < -0.4 is 5.32 Å². The predicted octanol–water partition coefficient (Wildman–Crippen LogP) is 1.90. The largest absolute Gasteiger partial charge is 0.383 e. The molecular formula is C14H28N2O. The maximum absolute atomic E-state index is 5.02. The topological polar surface area (TPSA) is 24.5 Å². The number of hydrogen-bond acceptors (Lipinski definition) is 3. The van der Waals surface area contributed by atoms with E-state index in [1.165, 1.54) is 38.0 Å². The first-order valence-corrected chi connectivity index (χ1v) is 6.78. The number of nitrogens with one attached hydrogen (secondary N) is 1. The molecule has 0 saturated carbocycles. The number of nitrogens with zero attached hydrogens (tertiary/aromatic N) is 1. The van der Waals surface area contributed by atoms with Gasteiger partial charge < -0.3 is 15.0 Å². The fourth-order valence-corrected chi connectivity index (χ4v) is 2.24. The first-order valence-electron chi connectivity index (χ1n) is 6.78. The fraction of sp³-hybridized carbons (Fsp3) is 0.857. The van der Waals surface area contributed by atoms with Crippen LogP contribution in [0.2, 0.25) is 0 Å². The van der Waals surface area contributed by atoms with E-state index < -0.39 is 0 Å². The molecule has 1 heterocycles. The Morgan fingerprint density at radius 1 is 1.41 bits per heavy atom. The number of hydrogen-bond donors (Lipinski definition) is 1. The number of methoxy groups -OCH3 is 1. The first-order chi connectivity index (χ1) is 8.22. The van der Waals surface area contributed by atoms with Gasteiger partial charge in [0.05, 0.1) is 6.61 Å². The summed E-state index contributed by atoms with van der Waals surface area (Å²) in [5.41, 5.74) is 1.30. The summed E-state index contributed by atoms with van der Waals surface area (Å²) >= 11 is 0. The monoisotopic (exact) mass is 240 g/mol. The van der Waals surface area contributed by atoms with Crippen LogP contribution in [0.3, 0.4) is 0 Å². The van der Waals surface area contributed by atoms with Crippen molar-refractivity contribution >= 4 is 0 Å². The highest BCUT2D eigenvalue weighted by Crippen LogP contribution is 2.16. The van der Waals surface area contributed by atoms with Crippen LogP contribution in [-0.2, 0) is 4.74 Å². The van der Waals surface area contributed by atoms with Gasteiger partial charge in [-0.25, -0.2) is 0 Å². The molecule has 0 unspecified atom stereocenters. The lowest BCUT2D eigenvalue weighted by Gasteiger charge is -2.32. The third-order valence-corrected chi connectivity index (χ3v) is 3.48. The quantitative estimate of drug-likeness (QED) is 0.518. The summed E-state index contributed by atoms with van der Waals surface area (Å²) in [4.78, 5) is 2.57. The molecule has 0 bridgehead atoms. The van der Waals surface area contributed by atoms with Crippen molar-refractivity contribution in [3.8, 4) is 0 Å². The van der Waals surface area contributed by atoms with Crippen molar-refractivity contribution in [1.82, 2.24) is 10.2 Å². The molecule has 1 saturated heterocycles. The Hall–Kier alpha value is -0.380. The predicted molar refractivity (Wildman–Crippen MR) is 73.3 cm³/mol. The van der Waals surface area contributed by atoms with Crippen LogP contribution in [0.5, 0.6) is 0 Å². The molecule has 1 aliphatic heterocycles. The molecule has 0 atom stereocenters. The Morgan fingerprint density at radius 2 is 2.12 bits per heavy atom. The molecule has 0 radical (unpaired) electrons. The average molecular weight is 240 g/mol. The van der Waals surface area contributed by atoms with Gasteiger partial charge in [0.15, 0.2) is 0 Å². The minimum atomic E-state index is 0.817. The molecule has 100 valence electrons. The number of piperidine rings is 1. The van der Waals surface area contributed by atoms with E-state index in [0.29, 0.717) is 0 Å². The molecule has 3 nitrogen and oxygen atoms in total. The van der Waals surface area contributed by atoms with E-state index in [1.54, 1.807) is 7.11 Å². The summed E-state index contributed by atoms with van der Waals surface area (Å²) in [5.74, 6) is 0.855. The third kappa shape index (κ3) is 6.81. The summed E-state index contributed by atoms with van der Waals surface area (Å²) in [7, 11) is 1.75. The van der Waals surface area contributed by atoms with Crippen LogP contribution in [0, 0.1) is 5.92 Å². The highest BCUT2D eigenvalue weighted by molar-refractivity contribution is 4.89. The summed E-state index contributed by atoms with van der Waals surface area (Å²) in [5, 5.41) is 3.46. The van der Waals surface area contributed by atoms with Crippen molar-refractivity contribution in [2.75, 3.05) is 46.4 Å². The molecule has 0 amide bonds. The van der Waals surface area contributed by atoms with Gasteiger partial charge in [-0.3, -0.25) is 0 Å². The van der Waals surface area contributed by atoms with E-state index in [2.05, 4.69) is 23.7 Å². The Morgan fingerprint density at radius 3 is 2.71 bits per heavy atom. The van der Waals surface area contributed by atoms with Crippen molar-refractivity contribution in [3.05, 3.63) is 12.2 Å². The summed E-state index contributed by atoms with van der Waals surface area (Å²) < 4.78 is 5.02. The lowest BCUT2D eigenvalue weighted by molar-refractivity contribution is 0.174. The zero-order valence-electron chi connectivity index (χ0n) is 11.5. The van der Waals surface area contributed by atoms with Crippen LogP contribution in [0.4, 0.5) is 0 Å². The van der Waals surface area contributed by atoms with Crippen LogP contribution >= 0.6 is 0 Å². The molecular weight excluding hydrogens is 212 g/mol. The van der Waals surface area contributed by atoms with Crippen LogP contribution in [0.1, 0.15) is 26.2 Å². The fourth-order valence-electron chi connectivity index (χ4n) is 2.24. The van der Waals surface area contributed by atoms with Gasteiger partial charge in [-0.1, -0.05) is 5.57 Å². The minimum absolute atomic E-state index is 0.817. The van der Waals surface area contributed by atoms with E-state index >= 15 is 0 Å². The Kier molecular flexibility index (Phi) is 7.49. The van der Waals surface area contributed by atoms with Gasteiger partial charge in [0, 0.05) is 20.2 Å². The lowest BCUT2D eigenvalue weighted by Crippen LogP contribution is -2.38. The number of ether oxygens (including phenoxy) is 1. The Labute approximate surface area is 106 Å². The third-order valence-electron chi connectivity index (χ3n) is 3.48. The zero-order valence-corrected chi connectivity index (χ0v) is 11.5. The smallest absolute Gasteiger partial charge is 0.0587 e. The minimum Gasteiger partial charge on any atom is -0.383 e. The molecule has 0 spiro atoms. The van der Waals surface area contributed by atoms with E-state index in [9.17, 15) is 0 Å². The summed E-state index contributed by atoms with van der Waals surface area (Å²) in [6.07, 6.45) is 3.81. The highest BCUT2D eigenvalue weighted by atomic mass is 16.5. The standard InChI is InChI=1S/C14H28N2O/c1-13(2)4-8-16-9-5-14(6-10-16)12-15-7-11-17-3/h14-15H,1,4-12H2,2-3H3. The van der Waals surface area contributed by atoms with Crippen molar-refractivity contribution in [3.63, 3.8) is 0 Å². The molecule has 1 N–H and O–H groups in total. The lowest BCUT2D eigenvalue weighted by atomic mass is 9.96. The molecule has 0 aromatic carbocycles. The molecule has 1 aliphatic rings. The summed E-state index contributed by atoms with van der Waals surface area (Å²) in [6, 6.07) is 0. The van der Waals surface area contributed by atoms with E-state index in [1.807, 2.05) is 0 Å². The van der Waals surface area contributed by atoms with Gasteiger partial charge in [-0.2, -0.15) is 0 Å². The SMILES string of the molecule is C=C(C)CCN1CCC(CNCCOC)CC1. The summed E-state index contributed by atoms with van der Waals surface area (Å²) in [6.45, 7) is 12.7. The molecule has 17 heavy (non-hydrogen) atoms. The second-order valence-electron chi connectivity index (χ2n) is 5.19.